The molecule has 1 aliphatic heterocycles. The first-order valence-electron chi connectivity index (χ1n) is 14.3. The zero-order chi connectivity index (χ0) is 33.6. The first-order chi connectivity index (χ1) is 21.8. The largest absolute Gasteiger partial charge is 0.325 e. The number of H-pyrrole nitrogens is 1. The fourth-order valence-corrected chi connectivity index (χ4v) is 7.57. The lowest BCUT2D eigenvalue weighted by atomic mass is 9.93. The zero-order valence-corrected chi connectivity index (χ0v) is 29.3. The fourth-order valence-electron chi connectivity index (χ4n) is 4.61. The molecule has 1 atom stereocenters. The van der Waals surface area contributed by atoms with Crippen molar-refractivity contribution < 1.29 is 24.0 Å². The first kappa shape index (κ1) is 35.4. The second-order valence-corrected chi connectivity index (χ2v) is 18.8. The van der Waals surface area contributed by atoms with Crippen LogP contribution in [-0.2, 0) is 43.3 Å². The van der Waals surface area contributed by atoms with Crippen molar-refractivity contribution in [2.75, 3.05) is 23.8 Å². The van der Waals surface area contributed by atoms with E-state index in [0.29, 0.717) is 40.3 Å². The molecule has 244 valence electrons. The van der Waals surface area contributed by atoms with Gasteiger partial charge < -0.3 is 9.39 Å². The Kier molecular flexibility index (Phi) is 11.9. The summed E-state index contributed by atoms with van der Waals surface area (Å²) in [4.78, 5) is 45.0. The van der Waals surface area contributed by atoms with E-state index >= 15 is 0 Å². The number of aromatic nitrogens is 3. The summed E-state index contributed by atoms with van der Waals surface area (Å²) in [5.74, 6) is 4.97. The van der Waals surface area contributed by atoms with E-state index in [1.54, 1.807) is 32.0 Å². The average Bonchev–Trinajstić information content (AvgIpc) is 2.97. The molecule has 4 rings (SSSR count). The number of azo groups is 1. The third-order valence-electron chi connectivity index (χ3n) is 7.01. The Bertz CT molecular complexity index is 1820. The number of hydrogen-bond donors (Lipinski definition) is 4. The van der Waals surface area contributed by atoms with Crippen LogP contribution >= 0.6 is 10.8 Å². The monoisotopic (exact) mass is 702 g/mol. The van der Waals surface area contributed by atoms with Gasteiger partial charge in [-0.25, -0.2) is 10.9 Å². The summed E-state index contributed by atoms with van der Waals surface area (Å²) in [6.07, 6.45) is 1.42. The van der Waals surface area contributed by atoms with Gasteiger partial charge in [-0.15, -0.1) is 20.2 Å². The van der Waals surface area contributed by atoms with Crippen LogP contribution in [0.25, 0.3) is 0 Å². The molecule has 0 radical (unpaired) electrons. The van der Waals surface area contributed by atoms with Gasteiger partial charge in [0.25, 0.3) is 5.91 Å². The highest BCUT2D eigenvalue weighted by Crippen LogP contribution is 2.37. The van der Waals surface area contributed by atoms with Gasteiger partial charge in [0.2, 0.25) is 11.7 Å². The van der Waals surface area contributed by atoms with E-state index < -0.39 is 24.2 Å². The third-order valence-corrected chi connectivity index (χ3v) is 10.1. The number of rotatable bonds is 13. The minimum Gasteiger partial charge on any atom is -0.317 e. The molecule has 1 aliphatic rings. The summed E-state index contributed by atoms with van der Waals surface area (Å²) in [6.45, 7) is 6.65. The van der Waals surface area contributed by atoms with Crippen LogP contribution in [0, 0.1) is 26.7 Å². The van der Waals surface area contributed by atoms with Crippen LogP contribution < -0.4 is 21.5 Å². The number of carbonyl (C=O) groups excluding carboxylic acids is 2. The number of nitrogens with two attached hydrogens (primary N) is 1. The molecule has 0 saturated carbocycles. The van der Waals surface area contributed by atoms with Crippen LogP contribution in [0.5, 0.6) is 0 Å². The Morgan fingerprint density at radius 3 is 2.48 bits per heavy atom. The number of hydrogen-bond acceptors (Lipinski definition) is 13. The third kappa shape index (κ3) is 9.09. The van der Waals surface area contributed by atoms with Crippen molar-refractivity contribution in [1.82, 2.24) is 14.9 Å². The molecule has 2 aromatic carbocycles. The Labute approximate surface area is 280 Å². The first-order valence-corrected chi connectivity index (χ1v) is 19.1. The van der Waals surface area contributed by atoms with E-state index in [2.05, 4.69) is 35.8 Å². The highest BCUT2D eigenvalue weighted by Gasteiger charge is 2.39. The predicted octanol–water partition coefficient (Wildman–Crippen LogP) is 5.29. The number of carbonyl (C=O) groups is 2. The van der Waals surface area contributed by atoms with Crippen LogP contribution in [0.2, 0.25) is 0 Å². The molecule has 0 spiro atoms. The molecule has 0 aliphatic carbocycles. The van der Waals surface area contributed by atoms with E-state index in [1.807, 2.05) is 39.0 Å². The topological polar surface area (TPSA) is 182 Å². The Balaban J connectivity index is 1.70. The lowest BCUT2D eigenvalue weighted by molar-refractivity contribution is -0.351. The van der Waals surface area contributed by atoms with Crippen LogP contribution in [0.15, 0.2) is 62.8 Å². The molecule has 17 heteroatoms. The number of nitrogens with one attached hydrogen (secondary N) is 3. The summed E-state index contributed by atoms with van der Waals surface area (Å²) in [6, 6.07) is 11.2. The Hall–Kier alpha value is -3.45. The summed E-state index contributed by atoms with van der Waals surface area (Å²) in [5, 5.41) is 15.2. The summed E-state index contributed by atoms with van der Waals surface area (Å²) < 4.78 is 10.3. The molecule has 2 heterocycles. The molecule has 2 amide bonds. The summed E-state index contributed by atoms with van der Waals surface area (Å²) >= 11 is 10.2. The van der Waals surface area contributed by atoms with E-state index in [-0.39, 0.29) is 24.5 Å². The number of anilines is 4. The van der Waals surface area contributed by atoms with E-state index in [4.69, 9.17) is 33.1 Å². The van der Waals surface area contributed by atoms with Crippen LogP contribution in [0.4, 0.5) is 29.0 Å². The molecule has 1 aromatic heterocycles. The van der Waals surface area contributed by atoms with Gasteiger partial charge in [0, 0.05) is 18.4 Å². The number of benzene rings is 2. The van der Waals surface area contributed by atoms with E-state index in [1.165, 1.54) is 0 Å². The Morgan fingerprint density at radius 1 is 1.09 bits per heavy atom. The van der Waals surface area contributed by atoms with Gasteiger partial charge in [-0.3, -0.25) is 25.1 Å². The predicted molar refractivity (Wildman–Crippen MR) is 185 cm³/mol. The number of aryl methyl sites for hydroxylation is 3. The number of unbranched alkanes of at least 4 members (excludes halogenated alkanes) is 1. The number of nitrogens with zero attached hydrogens (tertiary/aromatic N) is 5. The lowest BCUT2D eigenvalue weighted by Gasteiger charge is -2.31. The normalized spacial score (nSPS) is 15.6. The Morgan fingerprint density at radius 2 is 1.80 bits per heavy atom. The second-order valence-electron chi connectivity index (χ2n) is 10.6. The standard InChI is InChI=1S/C29H35N9O4S4/c1-6-7-12-38-26(39)21(15-42-30)18(4)25(27(38)40)37-36-23-14-20(10-11-24(23)45-46(41,43)44)33-28-31-19(5)32-29(35-28)34-22-13-16(2)8-9-17(22)3/h8-11,13-14,21H,6-7,12,15,30H2,1-5H3,(H,41,43,44)(H2,31,32,33,34,35)/p+1. The number of amides is 2. The van der Waals surface area contributed by atoms with Crippen molar-refractivity contribution in [2.45, 2.75) is 52.4 Å². The summed E-state index contributed by atoms with van der Waals surface area (Å²) in [7, 11) is 0.901. The number of imide groups is 1. The van der Waals surface area contributed by atoms with Crippen molar-refractivity contribution in [3.8, 4) is 0 Å². The molecule has 3 aromatic rings. The maximum absolute atomic E-state index is 13.4. The van der Waals surface area contributed by atoms with Gasteiger partial charge in [-0.2, -0.15) is 0 Å². The highest BCUT2D eigenvalue weighted by molar-refractivity contribution is 8.96. The van der Waals surface area contributed by atoms with Crippen LogP contribution in [-0.4, -0.2) is 44.4 Å². The van der Waals surface area contributed by atoms with Gasteiger partial charge in [0.15, 0.2) is 5.70 Å². The molecule has 46 heavy (non-hydrogen) atoms. The van der Waals surface area contributed by atoms with Gasteiger partial charge in [-0.05, 0) is 101 Å². The van der Waals surface area contributed by atoms with E-state index in [9.17, 15) is 14.1 Å². The highest BCUT2D eigenvalue weighted by atomic mass is 33.5. The summed E-state index contributed by atoms with van der Waals surface area (Å²) in [5.41, 5.74) is 4.31. The molecule has 1 unspecified atom stereocenters. The lowest BCUT2D eigenvalue weighted by Crippen LogP contribution is -2.48. The molecule has 0 bridgehead atoms. The molecule has 13 nitrogen and oxygen atoms in total. The van der Waals surface area contributed by atoms with Crippen molar-refractivity contribution in [1.29, 1.82) is 0 Å². The number of aromatic amines is 1. The molecular weight excluding hydrogens is 667 g/mol. The maximum Gasteiger partial charge on any atom is 0.325 e. The van der Waals surface area contributed by atoms with Gasteiger partial charge in [0.1, 0.15) is 5.69 Å². The van der Waals surface area contributed by atoms with Crippen molar-refractivity contribution in [2.24, 2.45) is 22.0 Å². The van der Waals surface area contributed by atoms with Crippen molar-refractivity contribution >= 4 is 80.4 Å². The fraction of sp³-hybridized carbons (Fsp3) is 0.345. The minimum absolute atomic E-state index is 0.00772. The van der Waals surface area contributed by atoms with Crippen molar-refractivity contribution in [3.63, 3.8) is 0 Å². The molecule has 0 saturated heterocycles. The van der Waals surface area contributed by atoms with Gasteiger partial charge in [0.05, 0.1) is 30.4 Å². The minimum atomic E-state index is -2.86. The maximum atomic E-state index is 13.4. The van der Waals surface area contributed by atoms with Crippen molar-refractivity contribution in [3.05, 3.63) is 64.6 Å². The molecule has 6 N–H and O–H groups in total. The molecular formula is C29H36N9O4S4+. The average molecular weight is 703 g/mol. The molecule has 0 fully saturated rings. The van der Waals surface area contributed by atoms with Crippen LogP contribution in [0.1, 0.15) is 43.6 Å². The SMILES string of the molecule is CCCCN1C(=O)C(N=Nc2cc(Nc3nc(C)nc(Nc4cc(C)ccc4C)[nH+]3)ccc2SS(O)(=S)=S)=C(C)C(CON)C1=O. The van der Waals surface area contributed by atoms with E-state index in [0.717, 1.165) is 38.9 Å². The quantitative estimate of drug-likeness (QED) is 0.0783. The van der Waals surface area contributed by atoms with Gasteiger partial charge in [-0.1, -0.05) is 25.5 Å². The zero-order valence-electron chi connectivity index (χ0n) is 26.0. The smallest absolute Gasteiger partial charge is 0.317 e. The van der Waals surface area contributed by atoms with Crippen LogP contribution in [0.3, 0.4) is 0 Å². The van der Waals surface area contributed by atoms with Gasteiger partial charge >= 0.3 is 11.9 Å². The second kappa shape index (κ2) is 15.4.